The number of rotatable bonds is 6. The molecule has 5 nitrogen and oxygen atoms in total. The van der Waals surface area contributed by atoms with Crippen LogP contribution in [0.2, 0.25) is 5.02 Å². The van der Waals surface area contributed by atoms with Crippen LogP contribution in [0.4, 0.5) is 17.3 Å². The van der Waals surface area contributed by atoms with Gasteiger partial charge in [-0.3, -0.25) is 0 Å². The summed E-state index contributed by atoms with van der Waals surface area (Å²) in [6, 6.07) is 15.3. The van der Waals surface area contributed by atoms with E-state index in [4.69, 9.17) is 22.1 Å². The van der Waals surface area contributed by atoms with E-state index in [-0.39, 0.29) is 0 Å². The van der Waals surface area contributed by atoms with Crippen molar-refractivity contribution < 1.29 is 4.74 Å². The smallest absolute Gasteiger partial charge is 0.143 e. The largest absolute Gasteiger partial charge is 0.487 e. The Morgan fingerprint density at radius 2 is 1.96 bits per heavy atom. The van der Waals surface area contributed by atoms with Crippen molar-refractivity contribution in [2.45, 2.75) is 6.61 Å². The number of nitrogens with two attached hydrogens (primary N) is 1. The van der Waals surface area contributed by atoms with E-state index in [2.05, 4.69) is 21.9 Å². The molecule has 0 bridgehead atoms. The number of nitrogens with one attached hydrogen (secondary N) is 1. The predicted octanol–water partition coefficient (Wildman–Crippen LogP) is 4.68. The second-order valence-electron chi connectivity index (χ2n) is 5.27. The average molecular weight is 353 g/mol. The molecule has 126 valence electrons. The normalized spacial score (nSPS) is 10.3. The Labute approximate surface area is 151 Å². The van der Waals surface area contributed by atoms with Gasteiger partial charge in [-0.05, 0) is 23.8 Å². The highest BCUT2D eigenvalue weighted by Gasteiger charge is 2.08. The van der Waals surface area contributed by atoms with Gasteiger partial charge in [0.2, 0.25) is 0 Å². The zero-order valence-electron chi connectivity index (χ0n) is 13.4. The number of hydrogen-bond donors (Lipinski definition) is 2. The fourth-order valence-corrected chi connectivity index (χ4v) is 2.51. The zero-order valence-corrected chi connectivity index (χ0v) is 14.2. The van der Waals surface area contributed by atoms with Crippen LogP contribution in [0, 0.1) is 0 Å². The molecule has 0 atom stereocenters. The number of anilines is 3. The lowest BCUT2D eigenvalue weighted by atomic mass is 10.2. The third-order valence-electron chi connectivity index (χ3n) is 3.55. The first-order chi connectivity index (χ1) is 12.2. The van der Waals surface area contributed by atoms with E-state index >= 15 is 0 Å². The molecule has 0 fully saturated rings. The van der Waals surface area contributed by atoms with Crippen molar-refractivity contribution in [3.8, 4) is 5.75 Å². The number of nitrogen functional groups attached to an aromatic ring is 1. The van der Waals surface area contributed by atoms with E-state index < -0.39 is 0 Å². The average Bonchev–Trinajstić information content (AvgIpc) is 2.62. The van der Waals surface area contributed by atoms with Crippen molar-refractivity contribution in [2.75, 3.05) is 11.1 Å². The first kappa shape index (κ1) is 16.8. The minimum absolute atomic E-state index is 0.362. The molecule has 2 aromatic carbocycles. The highest BCUT2D eigenvalue weighted by molar-refractivity contribution is 6.32. The van der Waals surface area contributed by atoms with Gasteiger partial charge in [-0.25, -0.2) is 9.97 Å². The number of hydrogen-bond acceptors (Lipinski definition) is 5. The second-order valence-corrected chi connectivity index (χ2v) is 5.68. The van der Waals surface area contributed by atoms with Crippen molar-refractivity contribution in [3.05, 3.63) is 77.6 Å². The summed E-state index contributed by atoms with van der Waals surface area (Å²) in [6.45, 7) is 4.19. The minimum Gasteiger partial charge on any atom is -0.487 e. The van der Waals surface area contributed by atoms with Gasteiger partial charge in [0.1, 0.15) is 30.3 Å². The van der Waals surface area contributed by atoms with E-state index in [0.717, 1.165) is 11.3 Å². The Hall–Kier alpha value is -3.05. The molecular formula is C19H17ClN4O. The Kier molecular flexibility index (Phi) is 5.16. The zero-order chi connectivity index (χ0) is 17.6. The summed E-state index contributed by atoms with van der Waals surface area (Å²) in [7, 11) is 0. The van der Waals surface area contributed by atoms with Gasteiger partial charge in [-0.15, -0.1) is 0 Å². The fourth-order valence-electron chi connectivity index (χ4n) is 2.28. The molecule has 1 heterocycles. The molecular weight excluding hydrogens is 336 g/mol. The van der Waals surface area contributed by atoms with Crippen LogP contribution in [0.5, 0.6) is 5.75 Å². The molecule has 0 saturated heterocycles. The number of ether oxygens (including phenoxy) is 1. The third kappa shape index (κ3) is 4.08. The maximum Gasteiger partial charge on any atom is 0.143 e. The van der Waals surface area contributed by atoms with Gasteiger partial charge in [-0.1, -0.05) is 54.6 Å². The molecule has 0 amide bonds. The molecule has 1 aromatic heterocycles. The van der Waals surface area contributed by atoms with E-state index in [1.807, 2.05) is 42.5 Å². The number of benzene rings is 2. The molecule has 0 spiro atoms. The standard InChI is InChI=1S/C19H17ClN4O/c1-2-15-18(21)22-12-23-19(15)24-14-8-9-17(16(20)10-14)25-11-13-6-4-3-5-7-13/h2-10,12H,1,11H2,(H3,21,22,23,24). The number of aromatic nitrogens is 2. The monoisotopic (exact) mass is 352 g/mol. The molecule has 3 aromatic rings. The lowest BCUT2D eigenvalue weighted by molar-refractivity contribution is 0.306. The van der Waals surface area contributed by atoms with Gasteiger partial charge in [-0.2, -0.15) is 0 Å². The van der Waals surface area contributed by atoms with Crippen LogP contribution in [-0.2, 0) is 6.61 Å². The van der Waals surface area contributed by atoms with Gasteiger partial charge >= 0.3 is 0 Å². The molecule has 6 heteroatoms. The van der Waals surface area contributed by atoms with E-state index in [0.29, 0.717) is 34.6 Å². The van der Waals surface area contributed by atoms with Crippen molar-refractivity contribution in [1.82, 2.24) is 9.97 Å². The van der Waals surface area contributed by atoms with Crippen LogP contribution >= 0.6 is 11.6 Å². The van der Waals surface area contributed by atoms with Gasteiger partial charge in [0, 0.05) is 5.69 Å². The Bertz CT molecular complexity index is 884. The van der Waals surface area contributed by atoms with Crippen LogP contribution in [0.15, 0.2) is 61.4 Å². The van der Waals surface area contributed by atoms with Gasteiger partial charge in [0.25, 0.3) is 0 Å². The Morgan fingerprint density at radius 3 is 2.68 bits per heavy atom. The maximum atomic E-state index is 6.32. The summed E-state index contributed by atoms with van der Waals surface area (Å²) in [5.41, 5.74) is 8.31. The molecule has 0 saturated carbocycles. The molecule has 3 N–H and O–H groups in total. The summed E-state index contributed by atoms with van der Waals surface area (Å²) in [4.78, 5) is 8.13. The van der Waals surface area contributed by atoms with Crippen LogP contribution in [0.1, 0.15) is 11.1 Å². The van der Waals surface area contributed by atoms with Crippen LogP contribution in [-0.4, -0.2) is 9.97 Å². The highest BCUT2D eigenvalue weighted by atomic mass is 35.5. The van der Waals surface area contributed by atoms with E-state index in [9.17, 15) is 0 Å². The van der Waals surface area contributed by atoms with Crippen molar-refractivity contribution in [2.24, 2.45) is 0 Å². The molecule has 0 aliphatic carbocycles. The molecule has 0 radical (unpaired) electrons. The first-order valence-electron chi connectivity index (χ1n) is 7.63. The lowest BCUT2D eigenvalue weighted by Gasteiger charge is -2.12. The van der Waals surface area contributed by atoms with Crippen LogP contribution < -0.4 is 15.8 Å². The topological polar surface area (TPSA) is 73.1 Å². The summed E-state index contributed by atoms with van der Waals surface area (Å²) in [5, 5.41) is 3.67. The molecule has 25 heavy (non-hydrogen) atoms. The molecule has 0 aliphatic rings. The first-order valence-corrected chi connectivity index (χ1v) is 8.01. The van der Waals surface area contributed by atoms with Crippen LogP contribution in [0.25, 0.3) is 6.08 Å². The maximum absolute atomic E-state index is 6.32. The Balaban J connectivity index is 1.74. The SMILES string of the molecule is C=Cc1c(N)ncnc1Nc1ccc(OCc2ccccc2)c(Cl)c1. The highest BCUT2D eigenvalue weighted by Crippen LogP contribution is 2.30. The third-order valence-corrected chi connectivity index (χ3v) is 3.85. The van der Waals surface area contributed by atoms with Gasteiger partial charge in [0.15, 0.2) is 0 Å². The molecule has 0 unspecified atom stereocenters. The van der Waals surface area contributed by atoms with Crippen molar-refractivity contribution in [1.29, 1.82) is 0 Å². The number of nitrogens with zero attached hydrogens (tertiary/aromatic N) is 2. The van der Waals surface area contributed by atoms with Crippen molar-refractivity contribution >= 4 is 35.0 Å². The quantitative estimate of drug-likeness (QED) is 0.674. The predicted molar refractivity (Wildman–Crippen MR) is 102 cm³/mol. The molecule has 3 rings (SSSR count). The second kappa shape index (κ2) is 7.68. The van der Waals surface area contributed by atoms with Crippen molar-refractivity contribution in [3.63, 3.8) is 0 Å². The van der Waals surface area contributed by atoms with Crippen LogP contribution in [0.3, 0.4) is 0 Å². The summed E-state index contributed by atoms with van der Waals surface area (Å²) >= 11 is 6.32. The van der Waals surface area contributed by atoms with Gasteiger partial charge in [0.05, 0.1) is 10.6 Å². The van der Waals surface area contributed by atoms with Gasteiger partial charge < -0.3 is 15.8 Å². The fraction of sp³-hybridized carbons (Fsp3) is 0.0526. The summed E-state index contributed by atoms with van der Waals surface area (Å²) in [6.07, 6.45) is 3.00. The summed E-state index contributed by atoms with van der Waals surface area (Å²) < 4.78 is 5.77. The lowest BCUT2D eigenvalue weighted by Crippen LogP contribution is -2.02. The summed E-state index contributed by atoms with van der Waals surface area (Å²) in [5.74, 6) is 1.54. The minimum atomic E-state index is 0.362. The van der Waals surface area contributed by atoms with E-state index in [1.165, 1.54) is 6.33 Å². The number of halogens is 1. The Morgan fingerprint density at radius 1 is 1.16 bits per heavy atom. The molecule has 0 aliphatic heterocycles. The van der Waals surface area contributed by atoms with E-state index in [1.54, 1.807) is 12.1 Å².